The molecule has 0 aromatic heterocycles. The Kier molecular flexibility index (Phi) is 5.09. The summed E-state index contributed by atoms with van der Waals surface area (Å²) in [7, 11) is 0. The molecule has 3 nitrogen and oxygen atoms in total. The zero-order valence-electron chi connectivity index (χ0n) is 13.2. The lowest BCUT2D eigenvalue weighted by Crippen LogP contribution is -2.32. The standard InChI is InChI=1S/C20H23NO2/c22-20(23)18-8-6-15(7-9-18)14-21-19-12-10-17(11-13-19)16-4-2-1-3-5-16/h1-9,17,19,21H,10-14H2,(H,22,23). The predicted octanol–water partition coefficient (Wildman–Crippen LogP) is 4.20. The van der Waals surface area contributed by atoms with Crippen LogP contribution < -0.4 is 5.32 Å². The third kappa shape index (κ3) is 4.20. The van der Waals surface area contributed by atoms with E-state index in [2.05, 4.69) is 35.6 Å². The Morgan fingerprint density at radius 3 is 2.22 bits per heavy atom. The predicted molar refractivity (Wildman–Crippen MR) is 91.7 cm³/mol. The fraction of sp³-hybridized carbons (Fsp3) is 0.350. The SMILES string of the molecule is O=C(O)c1ccc(CNC2CCC(c3ccccc3)CC2)cc1. The Balaban J connectivity index is 1.46. The van der Waals surface area contributed by atoms with Crippen LogP contribution in [0.4, 0.5) is 0 Å². The lowest BCUT2D eigenvalue weighted by Gasteiger charge is -2.29. The van der Waals surface area contributed by atoms with Crippen LogP contribution in [-0.2, 0) is 6.54 Å². The van der Waals surface area contributed by atoms with Crippen molar-refractivity contribution in [3.05, 3.63) is 71.3 Å². The van der Waals surface area contributed by atoms with Gasteiger partial charge in [0.15, 0.2) is 0 Å². The first-order valence-corrected chi connectivity index (χ1v) is 8.33. The summed E-state index contributed by atoms with van der Waals surface area (Å²) in [6, 6.07) is 18.5. The molecule has 3 heteroatoms. The minimum absolute atomic E-state index is 0.345. The maximum atomic E-state index is 10.8. The summed E-state index contributed by atoms with van der Waals surface area (Å²) in [5, 5.41) is 12.5. The van der Waals surface area contributed by atoms with Crippen LogP contribution in [0.2, 0.25) is 0 Å². The molecule has 1 fully saturated rings. The lowest BCUT2D eigenvalue weighted by atomic mass is 9.82. The Labute approximate surface area is 137 Å². The van der Waals surface area contributed by atoms with Gasteiger partial charge in [0.05, 0.1) is 5.56 Å². The normalized spacial score (nSPS) is 21.0. The highest BCUT2D eigenvalue weighted by molar-refractivity contribution is 5.87. The monoisotopic (exact) mass is 309 g/mol. The van der Waals surface area contributed by atoms with E-state index in [4.69, 9.17) is 5.11 Å². The molecule has 0 saturated heterocycles. The van der Waals surface area contributed by atoms with Crippen molar-refractivity contribution in [2.24, 2.45) is 0 Å². The number of carbonyl (C=O) groups is 1. The average molecular weight is 309 g/mol. The molecule has 23 heavy (non-hydrogen) atoms. The topological polar surface area (TPSA) is 49.3 Å². The molecule has 120 valence electrons. The van der Waals surface area contributed by atoms with Crippen LogP contribution in [0, 0.1) is 0 Å². The zero-order chi connectivity index (χ0) is 16.1. The van der Waals surface area contributed by atoms with Crippen LogP contribution in [0.5, 0.6) is 0 Å². The molecule has 2 N–H and O–H groups in total. The minimum atomic E-state index is -0.872. The number of hydrogen-bond donors (Lipinski definition) is 2. The molecule has 0 atom stereocenters. The molecule has 1 aliphatic carbocycles. The molecule has 2 aromatic carbocycles. The van der Waals surface area contributed by atoms with Crippen molar-refractivity contribution in [3.8, 4) is 0 Å². The van der Waals surface area contributed by atoms with E-state index < -0.39 is 5.97 Å². The van der Waals surface area contributed by atoms with E-state index in [0.717, 1.165) is 12.1 Å². The van der Waals surface area contributed by atoms with Gasteiger partial charge >= 0.3 is 5.97 Å². The number of carboxylic acids is 1. The highest BCUT2D eigenvalue weighted by atomic mass is 16.4. The van der Waals surface area contributed by atoms with Gasteiger partial charge in [0, 0.05) is 12.6 Å². The van der Waals surface area contributed by atoms with Crippen molar-refractivity contribution in [1.82, 2.24) is 5.32 Å². The number of carboxylic acid groups (broad SMARTS) is 1. The van der Waals surface area contributed by atoms with Crippen molar-refractivity contribution >= 4 is 5.97 Å². The van der Waals surface area contributed by atoms with Crippen LogP contribution in [0.1, 0.15) is 53.1 Å². The fourth-order valence-electron chi connectivity index (χ4n) is 3.38. The van der Waals surface area contributed by atoms with Crippen LogP contribution >= 0.6 is 0 Å². The van der Waals surface area contributed by atoms with Crippen LogP contribution in [0.15, 0.2) is 54.6 Å². The molecule has 0 amide bonds. The number of aromatic carboxylic acids is 1. The molecular weight excluding hydrogens is 286 g/mol. The largest absolute Gasteiger partial charge is 0.478 e. The highest BCUT2D eigenvalue weighted by Gasteiger charge is 2.21. The molecule has 0 aliphatic heterocycles. The maximum absolute atomic E-state index is 10.8. The van der Waals surface area contributed by atoms with E-state index in [1.165, 1.54) is 31.2 Å². The average Bonchev–Trinajstić information content (AvgIpc) is 2.61. The third-order valence-electron chi connectivity index (χ3n) is 4.79. The molecule has 0 unspecified atom stereocenters. The van der Waals surface area contributed by atoms with Gasteiger partial charge < -0.3 is 10.4 Å². The Morgan fingerprint density at radius 2 is 1.61 bits per heavy atom. The van der Waals surface area contributed by atoms with Gasteiger partial charge in [-0.2, -0.15) is 0 Å². The summed E-state index contributed by atoms with van der Waals surface area (Å²) >= 11 is 0. The number of benzene rings is 2. The maximum Gasteiger partial charge on any atom is 0.335 e. The van der Waals surface area contributed by atoms with Crippen LogP contribution in [-0.4, -0.2) is 17.1 Å². The molecule has 2 aromatic rings. The summed E-state index contributed by atoms with van der Waals surface area (Å²) in [5.74, 6) is -0.173. The lowest BCUT2D eigenvalue weighted by molar-refractivity contribution is 0.0697. The van der Waals surface area contributed by atoms with Gasteiger partial charge in [-0.05, 0) is 54.9 Å². The van der Waals surface area contributed by atoms with Crippen molar-refractivity contribution in [1.29, 1.82) is 0 Å². The van der Waals surface area contributed by atoms with E-state index in [9.17, 15) is 4.79 Å². The van der Waals surface area contributed by atoms with Gasteiger partial charge in [0.25, 0.3) is 0 Å². The molecule has 1 saturated carbocycles. The third-order valence-corrected chi connectivity index (χ3v) is 4.79. The first kappa shape index (κ1) is 15.8. The number of rotatable bonds is 5. The van der Waals surface area contributed by atoms with Gasteiger partial charge in [0.1, 0.15) is 0 Å². The second kappa shape index (κ2) is 7.42. The van der Waals surface area contributed by atoms with E-state index in [0.29, 0.717) is 17.5 Å². The second-order valence-corrected chi connectivity index (χ2v) is 6.34. The van der Waals surface area contributed by atoms with Crippen molar-refractivity contribution < 1.29 is 9.90 Å². The van der Waals surface area contributed by atoms with E-state index in [-0.39, 0.29) is 0 Å². The fourth-order valence-corrected chi connectivity index (χ4v) is 3.38. The first-order valence-electron chi connectivity index (χ1n) is 8.33. The van der Waals surface area contributed by atoms with E-state index in [1.54, 1.807) is 12.1 Å². The summed E-state index contributed by atoms with van der Waals surface area (Å²) in [6.45, 7) is 0.806. The zero-order valence-corrected chi connectivity index (χ0v) is 13.2. The van der Waals surface area contributed by atoms with Crippen LogP contribution in [0.3, 0.4) is 0 Å². The first-order chi connectivity index (χ1) is 11.2. The highest BCUT2D eigenvalue weighted by Crippen LogP contribution is 2.32. The minimum Gasteiger partial charge on any atom is -0.478 e. The van der Waals surface area contributed by atoms with Crippen molar-refractivity contribution in [3.63, 3.8) is 0 Å². The van der Waals surface area contributed by atoms with Crippen molar-refractivity contribution in [2.75, 3.05) is 0 Å². The molecule has 1 aliphatic rings. The van der Waals surface area contributed by atoms with E-state index in [1.807, 2.05) is 12.1 Å². The summed E-state index contributed by atoms with van der Waals surface area (Å²) in [6.07, 6.45) is 4.87. The summed E-state index contributed by atoms with van der Waals surface area (Å²) in [5.41, 5.74) is 2.95. The Morgan fingerprint density at radius 1 is 0.957 bits per heavy atom. The quantitative estimate of drug-likeness (QED) is 0.870. The second-order valence-electron chi connectivity index (χ2n) is 6.34. The van der Waals surface area contributed by atoms with Crippen molar-refractivity contribution in [2.45, 2.75) is 44.2 Å². The number of hydrogen-bond acceptors (Lipinski definition) is 2. The summed E-state index contributed by atoms with van der Waals surface area (Å²) < 4.78 is 0. The van der Waals surface area contributed by atoms with E-state index >= 15 is 0 Å². The van der Waals surface area contributed by atoms with Crippen LogP contribution in [0.25, 0.3) is 0 Å². The number of nitrogens with one attached hydrogen (secondary N) is 1. The molecule has 0 bridgehead atoms. The van der Waals surface area contributed by atoms with Gasteiger partial charge in [0.2, 0.25) is 0 Å². The molecule has 0 radical (unpaired) electrons. The van der Waals surface area contributed by atoms with Gasteiger partial charge in [-0.25, -0.2) is 4.79 Å². The van der Waals surface area contributed by atoms with Gasteiger partial charge in [-0.3, -0.25) is 0 Å². The Hall–Kier alpha value is -2.13. The summed E-state index contributed by atoms with van der Waals surface area (Å²) in [4.78, 5) is 10.8. The Bertz CT molecular complexity index is 628. The molecule has 3 rings (SSSR count). The molecular formula is C20H23NO2. The van der Waals surface area contributed by atoms with Gasteiger partial charge in [-0.1, -0.05) is 42.5 Å². The molecule has 0 heterocycles. The molecule has 0 spiro atoms. The van der Waals surface area contributed by atoms with Gasteiger partial charge in [-0.15, -0.1) is 0 Å². The smallest absolute Gasteiger partial charge is 0.335 e.